The Bertz CT molecular complexity index is 817. The molecule has 1 saturated heterocycles. The van der Waals surface area contributed by atoms with Gasteiger partial charge in [0.2, 0.25) is 0 Å². The fraction of sp³-hybridized carbons (Fsp3) is 0.389. The molecule has 24 heavy (non-hydrogen) atoms. The molecule has 0 bridgehead atoms. The van der Waals surface area contributed by atoms with E-state index in [2.05, 4.69) is 27.1 Å². The molecule has 0 spiro atoms. The summed E-state index contributed by atoms with van der Waals surface area (Å²) in [5.74, 6) is 1.03. The van der Waals surface area contributed by atoms with E-state index in [9.17, 15) is 0 Å². The van der Waals surface area contributed by atoms with Crippen LogP contribution in [0.25, 0.3) is 11.0 Å². The lowest BCUT2D eigenvalue weighted by Crippen LogP contribution is -2.31. The summed E-state index contributed by atoms with van der Waals surface area (Å²) in [5, 5.41) is 2.14. The summed E-state index contributed by atoms with van der Waals surface area (Å²) in [6, 6.07) is 8.10. The summed E-state index contributed by atoms with van der Waals surface area (Å²) in [5.41, 5.74) is 6.05. The first-order chi connectivity index (χ1) is 11.8. The molecule has 1 aromatic carbocycles. The number of hydrogen-bond acceptors (Lipinski definition) is 6. The van der Waals surface area contributed by atoms with Crippen molar-refractivity contribution in [1.29, 1.82) is 0 Å². The number of anilines is 1. The normalized spacial score (nSPS) is 16.5. The molecule has 3 aromatic rings. The maximum Gasteiger partial charge on any atom is 0.150 e. The van der Waals surface area contributed by atoms with E-state index in [1.807, 2.05) is 29.8 Å². The van der Waals surface area contributed by atoms with E-state index < -0.39 is 0 Å². The van der Waals surface area contributed by atoms with Gasteiger partial charge in [-0.25, -0.2) is 15.0 Å². The van der Waals surface area contributed by atoms with Gasteiger partial charge in [-0.1, -0.05) is 12.1 Å². The Morgan fingerprint density at radius 1 is 1.04 bits per heavy atom. The molecule has 1 aliphatic rings. The maximum absolute atomic E-state index is 4.88. The lowest BCUT2D eigenvalue weighted by atomic mass is 10.2. The van der Waals surface area contributed by atoms with Crippen LogP contribution < -0.4 is 4.90 Å². The summed E-state index contributed by atoms with van der Waals surface area (Å²) < 4.78 is 0. The molecular weight excluding hydrogens is 318 g/mol. The van der Waals surface area contributed by atoms with Gasteiger partial charge in [-0.2, -0.15) is 0 Å². The van der Waals surface area contributed by atoms with E-state index >= 15 is 0 Å². The van der Waals surface area contributed by atoms with Crippen molar-refractivity contribution < 1.29 is 0 Å². The molecule has 0 saturated carbocycles. The predicted octanol–water partition coefficient (Wildman–Crippen LogP) is 3.11. The highest BCUT2D eigenvalue weighted by molar-refractivity contribution is 7.07. The molecule has 5 nitrogen and oxygen atoms in total. The predicted molar refractivity (Wildman–Crippen MR) is 98.5 cm³/mol. The molecule has 0 unspecified atom stereocenters. The zero-order valence-corrected chi connectivity index (χ0v) is 14.7. The average molecular weight is 339 g/mol. The number of nitrogens with zero attached hydrogens (tertiary/aromatic N) is 5. The van der Waals surface area contributed by atoms with Gasteiger partial charge in [0.05, 0.1) is 27.9 Å². The summed E-state index contributed by atoms with van der Waals surface area (Å²) in [6.45, 7) is 7.16. The van der Waals surface area contributed by atoms with E-state index in [1.54, 1.807) is 11.3 Å². The first-order valence-corrected chi connectivity index (χ1v) is 9.31. The topological polar surface area (TPSA) is 45.2 Å². The summed E-state index contributed by atoms with van der Waals surface area (Å²) in [7, 11) is 0. The number of para-hydroxylation sites is 2. The molecule has 124 valence electrons. The van der Waals surface area contributed by atoms with Gasteiger partial charge in [0.25, 0.3) is 0 Å². The maximum atomic E-state index is 4.88. The molecular formula is C18H21N5S. The van der Waals surface area contributed by atoms with Gasteiger partial charge < -0.3 is 4.90 Å². The highest BCUT2D eigenvalue weighted by atomic mass is 32.1. The monoisotopic (exact) mass is 339 g/mol. The summed E-state index contributed by atoms with van der Waals surface area (Å²) in [4.78, 5) is 18.9. The second kappa shape index (κ2) is 6.83. The molecule has 4 rings (SSSR count). The van der Waals surface area contributed by atoms with Gasteiger partial charge in [-0.3, -0.25) is 4.90 Å². The van der Waals surface area contributed by atoms with Gasteiger partial charge in [0.15, 0.2) is 5.82 Å². The third-order valence-electron chi connectivity index (χ3n) is 4.48. The minimum absolute atomic E-state index is 0.944. The van der Waals surface area contributed by atoms with Crippen molar-refractivity contribution in [2.75, 3.05) is 31.1 Å². The largest absolute Gasteiger partial charge is 0.354 e. The van der Waals surface area contributed by atoms with Crippen molar-refractivity contribution in [2.45, 2.75) is 19.9 Å². The van der Waals surface area contributed by atoms with Crippen molar-refractivity contribution >= 4 is 28.2 Å². The number of rotatable bonds is 3. The van der Waals surface area contributed by atoms with E-state index in [0.717, 1.165) is 61.7 Å². The third kappa shape index (κ3) is 3.25. The van der Waals surface area contributed by atoms with Gasteiger partial charge in [0.1, 0.15) is 0 Å². The van der Waals surface area contributed by atoms with Crippen LogP contribution in [-0.4, -0.2) is 46.0 Å². The molecule has 3 heterocycles. The van der Waals surface area contributed by atoms with Gasteiger partial charge in [-0.05, 0) is 25.5 Å². The van der Waals surface area contributed by atoms with E-state index in [0.29, 0.717) is 0 Å². The quantitative estimate of drug-likeness (QED) is 0.734. The van der Waals surface area contributed by atoms with Gasteiger partial charge >= 0.3 is 0 Å². The Kier molecular flexibility index (Phi) is 4.40. The molecule has 6 heteroatoms. The summed E-state index contributed by atoms with van der Waals surface area (Å²) in [6.07, 6.45) is 1.14. The van der Waals surface area contributed by atoms with Gasteiger partial charge in [-0.15, -0.1) is 11.3 Å². The van der Waals surface area contributed by atoms with Crippen LogP contribution in [0.3, 0.4) is 0 Å². The Balaban J connectivity index is 1.51. The van der Waals surface area contributed by atoms with Crippen LogP contribution in [0, 0.1) is 6.92 Å². The molecule has 2 aromatic heterocycles. The van der Waals surface area contributed by atoms with Crippen LogP contribution in [0.15, 0.2) is 35.2 Å². The van der Waals surface area contributed by atoms with Crippen LogP contribution in [0.1, 0.15) is 17.8 Å². The first-order valence-electron chi connectivity index (χ1n) is 8.37. The van der Waals surface area contributed by atoms with Crippen LogP contribution in [0.2, 0.25) is 0 Å². The fourth-order valence-corrected chi connectivity index (χ4v) is 3.81. The van der Waals surface area contributed by atoms with Crippen molar-refractivity contribution in [2.24, 2.45) is 0 Å². The average Bonchev–Trinajstić information content (AvgIpc) is 2.99. The van der Waals surface area contributed by atoms with Crippen molar-refractivity contribution in [3.05, 3.63) is 46.5 Å². The van der Waals surface area contributed by atoms with E-state index in [-0.39, 0.29) is 0 Å². The number of hydrogen-bond donors (Lipinski definition) is 0. The highest BCUT2D eigenvalue weighted by Gasteiger charge is 2.19. The fourth-order valence-electron chi connectivity index (χ4n) is 3.26. The minimum atomic E-state index is 0.944. The highest BCUT2D eigenvalue weighted by Crippen LogP contribution is 2.21. The second-order valence-corrected chi connectivity index (χ2v) is 6.94. The Morgan fingerprint density at radius 3 is 2.67 bits per heavy atom. The smallest absolute Gasteiger partial charge is 0.150 e. The minimum Gasteiger partial charge on any atom is -0.354 e. The lowest BCUT2D eigenvalue weighted by molar-refractivity contribution is 0.282. The van der Waals surface area contributed by atoms with Crippen molar-refractivity contribution in [3.8, 4) is 0 Å². The molecule has 1 fully saturated rings. The van der Waals surface area contributed by atoms with E-state index in [1.165, 1.54) is 5.69 Å². The Labute approximate surface area is 146 Å². The first kappa shape index (κ1) is 15.5. The molecule has 0 atom stereocenters. The third-order valence-corrected chi connectivity index (χ3v) is 5.11. The number of benzene rings is 1. The zero-order valence-electron chi connectivity index (χ0n) is 13.9. The van der Waals surface area contributed by atoms with E-state index in [4.69, 9.17) is 9.97 Å². The van der Waals surface area contributed by atoms with Crippen molar-refractivity contribution in [1.82, 2.24) is 19.9 Å². The van der Waals surface area contributed by atoms with Crippen LogP contribution >= 0.6 is 11.3 Å². The van der Waals surface area contributed by atoms with Crippen LogP contribution in [-0.2, 0) is 6.54 Å². The number of fused-ring (bicyclic) bond motifs is 1. The Hall–Kier alpha value is -2.05. The SMILES string of the molecule is Cc1nc2ccccc2nc1N1CCCN(Cc2cscn2)CC1. The number of aromatic nitrogens is 3. The molecule has 0 radical (unpaired) electrons. The lowest BCUT2D eigenvalue weighted by Gasteiger charge is -2.23. The summed E-state index contributed by atoms with van der Waals surface area (Å²) >= 11 is 1.67. The molecule has 0 N–H and O–H groups in total. The molecule has 0 amide bonds. The Morgan fingerprint density at radius 2 is 1.88 bits per heavy atom. The number of aryl methyl sites for hydroxylation is 1. The number of thiazole rings is 1. The molecule has 1 aliphatic heterocycles. The van der Waals surface area contributed by atoms with Crippen LogP contribution in [0.4, 0.5) is 5.82 Å². The van der Waals surface area contributed by atoms with Crippen LogP contribution in [0.5, 0.6) is 0 Å². The van der Waals surface area contributed by atoms with Crippen molar-refractivity contribution in [3.63, 3.8) is 0 Å². The zero-order chi connectivity index (χ0) is 16.4. The second-order valence-electron chi connectivity index (χ2n) is 6.22. The van der Waals surface area contributed by atoms with Gasteiger partial charge in [0, 0.05) is 38.1 Å². The standard InChI is InChI=1S/C18H21N5S/c1-14-18(21-17-6-3-2-5-16(17)20-14)23-8-4-7-22(9-10-23)11-15-12-24-13-19-15/h2-3,5-6,12-13H,4,7-11H2,1H3. The molecule has 0 aliphatic carbocycles.